The van der Waals surface area contributed by atoms with Crippen LogP contribution in [0.15, 0.2) is 46.9 Å². The fraction of sp³-hybridized carbons (Fsp3) is 0.429. The van der Waals surface area contributed by atoms with E-state index in [1.165, 1.54) is 5.56 Å². The molecule has 4 rings (SSSR count). The van der Waals surface area contributed by atoms with Crippen LogP contribution < -0.4 is 4.90 Å². The summed E-state index contributed by atoms with van der Waals surface area (Å²) in [5.74, 6) is 3.19. The Morgan fingerprint density at radius 2 is 1.96 bits per heavy atom. The lowest BCUT2D eigenvalue weighted by Gasteiger charge is -2.19. The third-order valence-corrected chi connectivity index (χ3v) is 4.94. The summed E-state index contributed by atoms with van der Waals surface area (Å²) in [4.78, 5) is 2.24. The molecule has 0 saturated carbocycles. The molecule has 0 unspecified atom stereocenters. The number of anilines is 1. The standard InChI is InChI=1S/C21H26N4O3/c1-16-8-9-19(28-16)20-22-23-21(25(20)14-17-6-4-3-5-7-17)24-11-10-18(15-24)27-13-12-26-2/h3-9,18H,10-15H2,1-2H3/t18-/m1/s1. The summed E-state index contributed by atoms with van der Waals surface area (Å²) in [5, 5.41) is 8.97. The SMILES string of the molecule is COCCO[C@@H]1CCN(c2nnc(-c3ccc(C)o3)n2Cc2ccccc2)C1. The Hall–Kier alpha value is -2.64. The van der Waals surface area contributed by atoms with Crippen molar-refractivity contribution >= 4 is 5.95 Å². The summed E-state index contributed by atoms with van der Waals surface area (Å²) in [6, 6.07) is 14.2. The topological polar surface area (TPSA) is 65.6 Å². The predicted molar refractivity (Wildman–Crippen MR) is 106 cm³/mol. The van der Waals surface area contributed by atoms with Crippen molar-refractivity contribution < 1.29 is 13.9 Å². The number of ether oxygens (including phenoxy) is 2. The highest BCUT2D eigenvalue weighted by molar-refractivity contribution is 5.52. The summed E-state index contributed by atoms with van der Waals surface area (Å²) in [6.45, 7) is 5.54. The first-order valence-electron chi connectivity index (χ1n) is 9.64. The van der Waals surface area contributed by atoms with Gasteiger partial charge < -0.3 is 18.8 Å². The molecule has 0 radical (unpaired) electrons. The number of furan rings is 1. The number of rotatable bonds is 8. The minimum absolute atomic E-state index is 0.186. The molecule has 28 heavy (non-hydrogen) atoms. The Morgan fingerprint density at radius 1 is 1.11 bits per heavy atom. The number of hydrogen-bond donors (Lipinski definition) is 0. The predicted octanol–water partition coefficient (Wildman–Crippen LogP) is 3.14. The molecule has 2 aromatic heterocycles. The van der Waals surface area contributed by atoms with Crippen LogP contribution in [0.5, 0.6) is 0 Å². The molecule has 1 saturated heterocycles. The van der Waals surface area contributed by atoms with Gasteiger partial charge in [0.25, 0.3) is 0 Å². The molecule has 0 bridgehead atoms. The first-order valence-corrected chi connectivity index (χ1v) is 9.64. The van der Waals surface area contributed by atoms with Crippen molar-refractivity contribution in [2.45, 2.75) is 26.0 Å². The molecule has 0 spiro atoms. The summed E-state index contributed by atoms with van der Waals surface area (Å²) < 4.78 is 18.9. The average Bonchev–Trinajstić information content (AvgIpc) is 3.43. The molecule has 1 fully saturated rings. The van der Waals surface area contributed by atoms with Gasteiger partial charge in [0.05, 0.1) is 25.9 Å². The summed E-state index contributed by atoms with van der Waals surface area (Å²) >= 11 is 0. The van der Waals surface area contributed by atoms with Crippen LogP contribution in [-0.4, -0.2) is 54.3 Å². The Kier molecular flexibility index (Phi) is 5.73. The molecular weight excluding hydrogens is 356 g/mol. The lowest BCUT2D eigenvalue weighted by atomic mass is 10.2. The highest BCUT2D eigenvalue weighted by atomic mass is 16.5. The van der Waals surface area contributed by atoms with E-state index in [-0.39, 0.29) is 6.10 Å². The molecule has 1 aliphatic heterocycles. The number of methoxy groups -OCH3 is 1. The largest absolute Gasteiger partial charge is 0.458 e. The van der Waals surface area contributed by atoms with Crippen LogP contribution in [-0.2, 0) is 16.0 Å². The maximum atomic E-state index is 5.91. The molecule has 0 aliphatic carbocycles. The highest BCUT2D eigenvalue weighted by Crippen LogP contribution is 2.28. The highest BCUT2D eigenvalue weighted by Gasteiger charge is 2.28. The van der Waals surface area contributed by atoms with E-state index >= 15 is 0 Å². The van der Waals surface area contributed by atoms with Crippen molar-refractivity contribution in [3.8, 4) is 11.6 Å². The van der Waals surface area contributed by atoms with Gasteiger partial charge in [0, 0.05) is 20.2 Å². The second-order valence-corrected chi connectivity index (χ2v) is 7.03. The minimum Gasteiger partial charge on any atom is -0.458 e. The molecule has 148 valence electrons. The van der Waals surface area contributed by atoms with E-state index in [0.717, 1.165) is 42.8 Å². The van der Waals surface area contributed by atoms with Gasteiger partial charge in [0.15, 0.2) is 5.76 Å². The van der Waals surface area contributed by atoms with Gasteiger partial charge in [0.1, 0.15) is 5.76 Å². The molecule has 1 atom stereocenters. The number of aromatic nitrogens is 3. The van der Waals surface area contributed by atoms with Crippen LogP contribution in [0.25, 0.3) is 11.6 Å². The second kappa shape index (κ2) is 8.58. The number of nitrogens with zero attached hydrogens (tertiary/aromatic N) is 4. The Bertz CT molecular complexity index is 890. The quantitative estimate of drug-likeness (QED) is 0.558. The van der Waals surface area contributed by atoms with Gasteiger partial charge in [-0.15, -0.1) is 10.2 Å². The van der Waals surface area contributed by atoms with E-state index < -0.39 is 0 Å². The number of aryl methyl sites for hydroxylation is 1. The third kappa shape index (κ3) is 4.10. The maximum absolute atomic E-state index is 5.91. The van der Waals surface area contributed by atoms with E-state index in [4.69, 9.17) is 13.9 Å². The van der Waals surface area contributed by atoms with Crippen LogP contribution in [0, 0.1) is 6.92 Å². The summed E-state index contributed by atoms with van der Waals surface area (Å²) in [7, 11) is 1.69. The molecule has 1 aromatic carbocycles. The van der Waals surface area contributed by atoms with Crippen molar-refractivity contribution in [1.29, 1.82) is 0 Å². The summed E-state index contributed by atoms with van der Waals surface area (Å²) in [5.41, 5.74) is 1.19. The van der Waals surface area contributed by atoms with E-state index in [9.17, 15) is 0 Å². The Labute approximate surface area is 164 Å². The van der Waals surface area contributed by atoms with Crippen molar-refractivity contribution in [1.82, 2.24) is 14.8 Å². The van der Waals surface area contributed by atoms with E-state index in [1.807, 2.05) is 37.3 Å². The first-order chi connectivity index (χ1) is 13.7. The number of benzene rings is 1. The van der Waals surface area contributed by atoms with E-state index in [2.05, 4.69) is 31.8 Å². The average molecular weight is 382 g/mol. The van der Waals surface area contributed by atoms with E-state index in [0.29, 0.717) is 19.8 Å². The normalized spacial score (nSPS) is 16.8. The third-order valence-electron chi connectivity index (χ3n) is 4.94. The van der Waals surface area contributed by atoms with Gasteiger partial charge in [-0.2, -0.15) is 0 Å². The first kappa shape index (κ1) is 18.7. The van der Waals surface area contributed by atoms with E-state index in [1.54, 1.807) is 7.11 Å². The van der Waals surface area contributed by atoms with Crippen molar-refractivity contribution in [2.24, 2.45) is 0 Å². The van der Waals surface area contributed by atoms with Crippen LogP contribution in [0.4, 0.5) is 5.95 Å². The van der Waals surface area contributed by atoms with Crippen LogP contribution in [0.2, 0.25) is 0 Å². The molecule has 0 N–H and O–H groups in total. The van der Waals surface area contributed by atoms with Gasteiger partial charge >= 0.3 is 0 Å². The smallest absolute Gasteiger partial charge is 0.228 e. The van der Waals surface area contributed by atoms with Crippen molar-refractivity contribution in [2.75, 3.05) is 38.3 Å². The Balaban J connectivity index is 1.59. The zero-order valence-electron chi connectivity index (χ0n) is 16.4. The van der Waals surface area contributed by atoms with Crippen LogP contribution >= 0.6 is 0 Å². The van der Waals surface area contributed by atoms with Crippen molar-refractivity contribution in [3.63, 3.8) is 0 Å². The van der Waals surface area contributed by atoms with Crippen LogP contribution in [0.1, 0.15) is 17.7 Å². The zero-order chi connectivity index (χ0) is 19.3. The van der Waals surface area contributed by atoms with Gasteiger partial charge in [0.2, 0.25) is 11.8 Å². The van der Waals surface area contributed by atoms with Gasteiger partial charge in [-0.3, -0.25) is 4.57 Å². The minimum atomic E-state index is 0.186. The molecule has 3 aromatic rings. The second-order valence-electron chi connectivity index (χ2n) is 7.03. The van der Waals surface area contributed by atoms with Crippen LogP contribution in [0.3, 0.4) is 0 Å². The van der Waals surface area contributed by atoms with Gasteiger partial charge in [-0.25, -0.2) is 0 Å². The molecular formula is C21H26N4O3. The molecule has 7 heteroatoms. The zero-order valence-corrected chi connectivity index (χ0v) is 16.4. The summed E-state index contributed by atoms with van der Waals surface area (Å²) in [6.07, 6.45) is 1.16. The Morgan fingerprint density at radius 3 is 2.71 bits per heavy atom. The lowest BCUT2D eigenvalue weighted by molar-refractivity contribution is 0.0280. The molecule has 3 heterocycles. The lowest BCUT2D eigenvalue weighted by Crippen LogP contribution is -2.26. The monoisotopic (exact) mass is 382 g/mol. The molecule has 1 aliphatic rings. The van der Waals surface area contributed by atoms with Gasteiger partial charge in [-0.1, -0.05) is 30.3 Å². The van der Waals surface area contributed by atoms with Crippen molar-refractivity contribution in [3.05, 3.63) is 53.8 Å². The molecule has 0 amide bonds. The maximum Gasteiger partial charge on any atom is 0.228 e. The van der Waals surface area contributed by atoms with Gasteiger partial charge in [-0.05, 0) is 31.0 Å². The number of hydrogen-bond acceptors (Lipinski definition) is 6. The fourth-order valence-corrected chi connectivity index (χ4v) is 3.52. The fourth-order valence-electron chi connectivity index (χ4n) is 3.52. The molecule has 7 nitrogen and oxygen atoms in total.